The first-order valence-corrected chi connectivity index (χ1v) is 11.3. The number of primary amides is 1. The van der Waals surface area contributed by atoms with Crippen molar-refractivity contribution in [3.8, 4) is 0 Å². The minimum Gasteiger partial charge on any atom is -0.370 e. The number of carbonyl (C=O) groups is 4. The highest BCUT2D eigenvalue weighted by atomic mass is 16.2. The molecule has 31 heavy (non-hydrogen) atoms. The summed E-state index contributed by atoms with van der Waals surface area (Å²) in [7, 11) is 0. The number of nitrogens with zero attached hydrogens (tertiary/aromatic N) is 1. The van der Waals surface area contributed by atoms with E-state index in [-0.39, 0.29) is 30.2 Å². The zero-order valence-corrected chi connectivity index (χ0v) is 17.4. The van der Waals surface area contributed by atoms with E-state index in [1.54, 1.807) is 6.07 Å². The third kappa shape index (κ3) is 2.91. The molecule has 3 aliphatic heterocycles. The molecule has 4 N–H and O–H groups in total. The van der Waals surface area contributed by atoms with Gasteiger partial charge in [0.1, 0.15) is 5.54 Å². The summed E-state index contributed by atoms with van der Waals surface area (Å²) in [4.78, 5) is 53.7. The molecule has 5 rings (SSSR count). The average molecular weight is 425 g/mol. The number of likely N-dealkylation sites (tertiary alicyclic amines) is 1. The van der Waals surface area contributed by atoms with Crippen LogP contribution >= 0.6 is 0 Å². The monoisotopic (exact) mass is 424 g/mol. The molecule has 1 saturated carbocycles. The number of rotatable bonds is 4. The molecule has 0 aromatic heterocycles. The number of hydrogen-bond acceptors (Lipinski definition) is 5. The minimum absolute atomic E-state index is 0.0884. The van der Waals surface area contributed by atoms with Gasteiger partial charge in [-0.25, -0.2) is 0 Å². The van der Waals surface area contributed by atoms with Crippen molar-refractivity contribution in [1.29, 1.82) is 0 Å². The lowest BCUT2D eigenvalue weighted by Crippen LogP contribution is -2.54. The van der Waals surface area contributed by atoms with Gasteiger partial charge >= 0.3 is 0 Å². The number of nitrogens with one attached hydrogen (secondary N) is 2. The molecule has 1 aromatic rings. The summed E-state index contributed by atoms with van der Waals surface area (Å²) in [6.45, 7) is 0. The number of anilines is 1. The van der Waals surface area contributed by atoms with Crippen LogP contribution in [0.3, 0.4) is 0 Å². The first kappa shape index (κ1) is 20.2. The van der Waals surface area contributed by atoms with Gasteiger partial charge in [-0.3, -0.25) is 29.4 Å². The van der Waals surface area contributed by atoms with Crippen LogP contribution in [0.4, 0.5) is 5.69 Å². The molecule has 2 unspecified atom stereocenters. The number of imide groups is 1. The van der Waals surface area contributed by atoms with Crippen LogP contribution in [-0.4, -0.2) is 40.6 Å². The van der Waals surface area contributed by atoms with Gasteiger partial charge in [-0.05, 0) is 25.3 Å². The second kappa shape index (κ2) is 7.44. The fourth-order valence-corrected chi connectivity index (χ4v) is 6.20. The molecule has 4 aliphatic rings. The smallest absolute Gasteiger partial charge is 0.250 e. The van der Waals surface area contributed by atoms with Crippen LogP contribution in [0.25, 0.3) is 0 Å². The van der Waals surface area contributed by atoms with Crippen molar-refractivity contribution >= 4 is 29.3 Å². The van der Waals surface area contributed by atoms with E-state index in [1.807, 2.05) is 18.2 Å². The van der Waals surface area contributed by atoms with Crippen molar-refractivity contribution in [1.82, 2.24) is 10.2 Å². The molecule has 1 spiro atoms. The molecule has 0 radical (unpaired) electrons. The number of benzene rings is 1. The van der Waals surface area contributed by atoms with Crippen molar-refractivity contribution in [2.24, 2.45) is 17.6 Å². The lowest BCUT2D eigenvalue weighted by molar-refractivity contribution is -0.145. The summed E-state index contributed by atoms with van der Waals surface area (Å²) in [6.07, 6.45) is 6.24. The maximum atomic E-state index is 13.8. The van der Waals surface area contributed by atoms with Crippen LogP contribution in [0.2, 0.25) is 0 Å². The van der Waals surface area contributed by atoms with Crippen LogP contribution in [-0.2, 0) is 24.7 Å². The number of fused-ring (bicyclic) bond motifs is 4. The Morgan fingerprint density at radius 3 is 2.48 bits per heavy atom. The Labute approximate surface area is 180 Å². The maximum absolute atomic E-state index is 13.8. The summed E-state index contributed by atoms with van der Waals surface area (Å²) in [6, 6.07) is 6.72. The normalized spacial score (nSPS) is 32.8. The van der Waals surface area contributed by atoms with E-state index in [2.05, 4.69) is 10.6 Å². The summed E-state index contributed by atoms with van der Waals surface area (Å²) < 4.78 is 0. The van der Waals surface area contributed by atoms with Gasteiger partial charge in [0.25, 0.3) is 0 Å². The molecule has 1 aliphatic carbocycles. The highest BCUT2D eigenvalue weighted by molar-refractivity contribution is 6.15. The largest absolute Gasteiger partial charge is 0.370 e. The lowest BCUT2D eigenvalue weighted by atomic mass is 9.76. The fraction of sp³-hybridized carbons (Fsp3) is 0.565. The van der Waals surface area contributed by atoms with Gasteiger partial charge in [0.2, 0.25) is 23.6 Å². The van der Waals surface area contributed by atoms with Gasteiger partial charge in [-0.1, -0.05) is 43.9 Å². The second-order valence-electron chi connectivity index (χ2n) is 9.26. The summed E-state index contributed by atoms with van der Waals surface area (Å²) in [5, 5.41) is 6.23. The summed E-state index contributed by atoms with van der Waals surface area (Å²) in [5.74, 6) is -2.74. The van der Waals surface area contributed by atoms with Crippen molar-refractivity contribution in [3.05, 3.63) is 29.8 Å². The summed E-state index contributed by atoms with van der Waals surface area (Å²) >= 11 is 0. The number of hydrogen-bond donors (Lipinski definition) is 3. The van der Waals surface area contributed by atoms with Gasteiger partial charge in [0.05, 0.1) is 11.8 Å². The molecule has 2 saturated heterocycles. The van der Waals surface area contributed by atoms with Crippen molar-refractivity contribution in [2.75, 3.05) is 5.32 Å². The standard InChI is InChI=1S/C23H28N4O4/c24-17(28)12-11-16-18-19(21(30)27(20(18)29)13-7-3-1-2-4-8-13)23(26-16)14-9-5-6-10-15(14)25-22(23)31/h5-6,9-10,13,16,18-19,26H,1-4,7-8,11-12H2,(H2,24,28)(H,25,31)/t16?,18-,19+,23?/m1/s1. The van der Waals surface area contributed by atoms with Crippen LogP contribution in [0.1, 0.15) is 56.9 Å². The molecule has 4 amide bonds. The SMILES string of the molecule is NC(=O)CCC1NC2(C(=O)Nc3ccccc32)[C@@H]2C(=O)N(C3CCCCCC3)C(=O)[C@H]12. The van der Waals surface area contributed by atoms with Gasteiger partial charge in [0, 0.05) is 29.8 Å². The molecular formula is C23H28N4O4. The minimum atomic E-state index is -1.30. The van der Waals surface area contributed by atoms with E-state index in [4.69, 9.17) is 5.73 Å². The number of carbonyl (C=O) groups excluding carboxylic acids is 4. The van der Waals surface area contributed by atoms with Crippen molar-refractivity contribution in [3.63, 3.8) is 0 Å². The van der Waals surface area contributed by atoms with E-state index >= 15 is 0 Å². The Kier molecular flexibility index (Phi) is 4.84. The van der Waals surface area contributed by atoms with E-state index in [0.717, 1.165) is 38.5 Å². The molecule has 1 aromatic carbocycles. The Morgan fingerprint density at radius 1 is 1.06 bits per heavy atom. The summed E-state index contributed by atoms with van der Waals surface area (Å²) in [5.41, 5.74) is 5.43. The van der Waals surface area contributed by atoms with Crippen LogP contribution < -0.4 is 16.4 Å². The Hall–Kier alpha value is -2.74. The van der Waals surface area contributed by atoms with Gasteiger partial charge in [0.15, 0.2) is 0 Å². The average Bonchev–Trinajstić information content (AvgIpc) is 3.21. The lowest BCUT2D eigenvalue weighted by Gasteiger charge is -2.32. The third-order valence-electron chi connectivity index (χ3n) is 7.55. The molecule has 8 heteroatoms. The van der Waals surface area contributed by atoms with E-state index in [9.17, 15) is 19.2 Å². The van der Waals surface area contributed by atoms with Gasteiger partial charge < -0.3 is 11.1 Å². The molecule has 0 bridgehead atoms. The number of nitrogens with two attached hydrogens (primary N) is 1. The third-order valence-corrected chi connectivity index (χ3v) is 7.55. The highest BCUT2D eigenvalue weighted by Crippen LogP contribution is 2.54. The molecule has 3 fully saturated rings. The first-order valence-electron chi connectivity index (χ1n) is 11.3. The Morgan fingerprint density at radius 2 is 1.77 bits per heavy atom. The predicted octanol–water partition coefficient (Wildman–Crippen LogP) is 1.40. The second-order valence-corrected chi connectivity index (χ2v) is 9.26. The Bertz CT molecular complexity index is 955. The topological polar surface area (TPSA) is 122 Å². The number of amides is 4. The van der Waals surface area contributed by atoms with E-state index in [0.29, 0.717) is 17.7 Å². The molecule has 4 atom stereocenters. The van der Waals surface area contributed by atoms with Crippen LogP contribution in [0.5, 0.6) is 0 Å². The van der Waals surface area contributed by atoms with Crippen molar-refractivity contribution < 1.29 is 19.2 Å². The molecule has 8 nitrogen and oxygen atoms in total. The van der Waals surface area contributed by atoms with Crippen molar-refractivity contribution in [2.45, 2.75) is 69.0 Å². The zero-order chi connectivity index (χ0) is 21.8. The molecular weight excluding hydrogens is 396 g/mol. The fourth-order valence-electron chi connectivity index (χ4n) is 6.20. The van der Waals surface area contributed by atoms with Gasteiger partial charge in [-0.15, -0.1) is 0 Å². The quantitative estimate of drug-likeness (QED) is 0.498. The van der Waals surface area contributed by atoms with Crippen LogP contribution in [0.15, 0.2) is 24.3 Å². The Balaban J connectivity index is 1.58. The first-order chi connectivity index (χ1) is 14.9. The molecule has 3 heterocycles. The highest BCUT2D eigenvalue weighted by Gasteiger charge is 2.70. The van der Waals surface area contributed by atoms with E-state index < -0.39 is 29.3 Å². The molecule has 164 valence electrons. The van der Waals surface area contributed by atoms with Gasteiger partial charge in [-0.2, -0.15) is 0 Å². The van der Waals surface area contributed by atoms with E-state index in [1.165, 1.54) is 4.90 Å². The predicted molar refractivity (Wildman–Crippen MR) is 112 cm³/mol. The number of para-hydroxylation sites is 1. The van der Waals surface area contributed by atoms with Crippen LogP contribution in [0, 0.1) is 11.8 Å². The maximum Gasteiger partial charge on any atom is 0.250 e. The zero-order valence-electron chi connectivity index (χ0n) is 17.4.